The first-order chi connectivity index (χ1) is 15.6. The zero-order valence-electron chi connectivity index (χ0n) is 19.0. The van der Waals surface area contributed by atoms with E-state index in [9.17, 15) is 13.2 Å². The minimum Gasteiger partial charge on any atom is -0.444 e. The van der Waals surface area contributed by atoms with Gasteiger partial charge in [0, 0.05) is 30.7 Å². The van der Waals surface area contributed by atoms with E-state index in [0.717, 1.165) is 25.1 Å². The first-order valence-corrected chi connectivity index (χ1v) is 12.3. The smallest absolute Gasteiger partial charge is 0.407 e. The van der Waals surface area contributed by atoms with E-state index in [-0.39, 0.29) is 10.9 Å². The Bertz CT molecular complexity index is 1270. The number of alkyl carbamates (subject to hydrolysis) is 1. The van der Waals surface area contributed by atoms with Crippen molar-refractivity contribution in [1.82, 2.24) is 14.3 Å². The molecule has 1 aliphatic heterocycles. The number of hydrogen-bond donors (Lipinski definition) is 2. The lowest BCUT2D eigenvalue weighted by molar-refractivity contribution is 0.0500. The summed E-state index contributed by atoms with van der Waals surface area (Å²) in [5.41, 5.74) is 7.21. The number of nitrogens with two attached hydrogens (primary N) is 1. The van der Waals surface area contributed by atoms with Gasteiger partial charge in [-0.25, -0.2) is 22.2 Å². The van der Waals surface area contributed by atoms with Crippen molar-refractivity contribution in [3.05, 3.63) is 48.8 Å². The first kappa shape index (κ1) is 22.9. The Labute approximate surface area is 193 Å². The molecule has 0 aliphatic carbocycles. The molecule has 33 heavy (non-hydrogen) atoms. The number of nitrogens with zero attached hydrogens (tertiary/aromatic N) is 3. The summed E-state index contributed by atoms with van der Waals surface area (Å²) < 4.78 is 32.9. The normalized spacial score (nSPS) is 17.2. The third-order valence-electron chi connectivity index (χ3n) is 5.44. The maximum Gasteiger partial charge on any atom is 0.407 e. The molecule has 0 saturated carbocycles. The van der Waals surface area contributed by atoms with E-state index in [2.05, 4.69) is 15.2 Å². The summed E-state index contributed by atoms with van der Waals surface area (Å²) in [6.07, 6.45) is 4.19. The number of anilines is 2. The van der Waals surface area contributed by atoms with Gasteiger partial charge < -0.3 is 20.7 Å². The molecule has 1 unspecified atom stereocenters. The second kappa shape index (κ2) is 8.58. The van der Waals surface area contributed by atoms with E-state index in [4.69, 9.17) is 10.5 Å². The molecule has 1 amide bonds. The summed E-state index contributed by atoms with van der Waals surface area (Å²) in [5.74, 6) is 0. The standard InChI is InChI=1S/C23H29N5O4S/c1-23(2,3)32-22(29)26-16-8-7-12-27(15-16)20-18-11-13-28(21(18)25-14-19(20)24)33(30,31)17-9-5-4-6-10-17/h4-6,9-11,13-14,16H,7-8,12,15,24H2,1-3H3,(H,26,29). The summed E-state index contributed by atoms with van der Waals surface area (Å²) in [6.45, 7) is 6.72. The number of aromatic nitrogens is 2. The zero-order chi connectivity index (χ0) is 23.8. The molecule has 3 aromatic rings. The van der Waals surface area contributed by atoms with Gasteiger partial charge in [0.15, 0.2) is 5.65 Å². The highest BCUT2D eigenvalue weighted by Gasteiger charge is 2.28. The van der Waals surface area contributed by atoms with Crippen LogP contribution in [0.1, 0.15) is 33.6 Å². The van der Waals surface area contributed by atoms with E-state index in [0.29, 0.717) is 23.3 Å². The predicted molar refractivity (Wildman–Crippen MR) is 128 cm³/mol. The Kier molecular flexibility index (Phi) is 5.96. The van der Waals surface area contributed by atoms with Crippen LogP contribution in [0.3, 0.4) is 0 Å². The van der Waals surface area contributed by atoms with Gasteiger partial charge in [0.1, 0.15) is 5.60 Å². The van der Waals surface area contributed by atoms with Crippen molar-refractivity contribution in [2.24, 2.45) is 0 Å². The lowest BCUT2D eigenvalue weighted by Gasteiger charge is -2.36. The van der Waals surface area contributed by atoms with E-state index in [1.807, 2.05) is 20.8 Å². The first-order valence-electron chi connectivity index (χ1n) is 10.9. The maximum absolute atomic E-state index is 13.2. The van der Waals surface area contributed by atoms with E-state index >= 15 is 0 Å². The highest BCUT2D eigenvalue weighted by Crippen LogP contribution is 2.35. The number of carbonyl (C=O) groups excluding carboxylic acids is 1. The molecule has 3 N–H and O–H groups in total. The molecule has 2 aromatic heterocycles. The van der Waals surface area contributed by atoms with Gasteiger partial charge in [-0.05, 0) is 51.8 Å². The third kappa shape index (κ3) is 4.75. The number of pyridine rings is 1. The topological polar surface area (TPSA) is 120 Å². The summed E-state index contributed by atoms with van der Waals surface area (Å²) in [5, 5.41) is 3.58. The van der Waals surface area contributed by atoms with Crippen LogP contribution in [0.15, 0.2) is 53.7 Å². The fourth-order valence-electron chi connectivity index (χ4n) is 4.09. The van der Waals surface area contributed by atoms with Crippen molar-refractivity contribution in [2.45, 2.75) is 50.2 Å². The molecule has 1 atom stereocenters. The van der Waals surface area contributed by atoms with Crippen LogP contribution in [0.4, 0.5) is 16.2 Å². The Morgan fingerprint density at radius 2 is 1.94 bits per heavy atom. The second-order valence-corrected chi connectivity index (χ2v) is 11.0. The third-order valence-corrected chi connectivity index (χ3v) is 7.12. The number of piperidine rings is 1. The average Bonchev–Trinajstić information content (AvgIpc) is 3.18. The van der Waals surface area contributed by atoms with Crippen molar-refractivity contribution < 1.29 is 17.9 Å². The second-order valence-electron chi connectivity index (χ2n) is 9.16. The minimum absolute atomic E-state index is 0.119. The molecule has 1 fully saturated rings. The van der Waals surface area contributed by atoms with Gasteiger partial charge in [-0.1, -0.05) is 18.2 Å². The summed E-state index contributed by atoms with van der Waals surface area (Å²) in [7, 11) is -3.81. The number of fused-ring (bicyclic) bond motifs is 1. The minimum atomic E-state index is -3.81. The zero-order valence-corrected chi connectivity index (χ0v) is 19.8. The quantitative estimate of drug-likeness (QED) is 0.599. The average molecular weight is 472 g/mol. The van der Waals surface area contributed by atoms with Crippen molar-refractivity contribution in [2.75, 3.05) is 23.7 Å². The highest BCUT2D eigenvalue weighted by molar-refractivity contribution is 7.90. The van der Waals surface area contributed by atoms with Crippen LogP contribution in [-0.4, -0.2) is 48.2 Å². The number of nitrogens with one attached hydrogen (secondary N) is 1. The fraction of sp³-hybridized carbons (Fsp3) is 0.391. The molecule has 0 spiro atoms. The molecule has 0 bridgehead atoms. The van der Waals surface area contributed by atoms with E-state index < -0.39 is 21.7 Å². The SMILES string of the molecule is CC(C)(C)OC(=O)NC1CCCN(c2c(N)cnc3c2ccn3S(=O)(=O)c2ccccc2)C1. The molecular weight excluding hydrogens is 442 g/mol. The van der Waals surface area contributed by atoms with Crippen molar-refractivity contribution >= 4 is 38.5 Å². The van der Waals surface area contributed by atoms with Gasteiger partial charge in [-0.15, -0.1) is 0 Å². The van der Waals surface area contributed by atoms with Crippen LogP contribution in [0.2, 0.25) is 0 Å². The molecule has 1 aliphatic rings. The van der Waals surface area contributed by atoms with Crippen LogP contribution in [0, 0.1) is 0 Å². The lowest BCUT2D eigenvalue weighted by Crippen LogP contribution is -2.49. The van der Waals surface area contributed by atoms with Crippen LogP contribution in [0.25, 0.3) is 11.0 Å². The molecule has 1 aromatic carbocycles. The Morgan fingerprint density at radius 3 is 2.64 bits per heavy atom. The molecule has 4 rings (SSSR count). The van der Waals surface area contributed by atoms with Crippen molar-refractivity contribution in [1.29, 1.82) is 0 Å². The lowest BCUT2D eigenvalue weighted by atomic mass is 10.0. The van der Waals surface area contributed by atoms with E-state index in [1.165, 1.54) is 16.4 Å². The number of nitrogen functional groups attached to an aromatic ring is 1. The maximum atomic E-state index is 13.2. The number of ether oxygens (including phenoxy) is 1. The van der Waals surface area contributed by atoms with Crippen LogP contribution < -0.4 is 16.0 Å². The fourth-order valence-corrected chi connectivity index (χ4v) is 5.41. The number of carbonyl (C=O) groups is 1. The molecule has 176 valence electrons. The van der Waals surface area contributed by atoms with Crippen LogP contribution >= 0.6 is 0 Å². The molecule has 0 radical (unpaired) electrons. The number of rotatable bonds is 4. The Hall–Kier alpha value is -3.27. The summed E-state index contributed by atoms with van der Waals surface area (Å²) >= 11 is 0. The van der Waals surface area contributed by atoms with E-state index in [1.54, 1.807) is 36.4 Å². The number of hydrogen-bond acceptors (Lipinski definition) is 7. The molecule has 9 nitrogen and oxygen atoms in total. The Morgan fingerprint density at radius 1 is 1.21 bits per heavy atom. The largest absolute Gasteiger partial charge is 0.444 e. The molecule has 1 saturated heterocycles. The number of benzene rings is 1. The van der Waals surface area contributed by atoms with Gasteiger partial charge in [-0.3, -0.25) is 0 Å². The predicted octanol–water partition coefficient (Wildman–Crippen LogP) is 3.35. The highest BCUT2D eigenvalue weighted by atomic mass is 32.2. The van der Waals surface area contributed by atoms with Gasteiger partial charge in [0.25, 0.3) is 10.0 Å². The van der Waals surface area contributed by atoms with Crippen molar-refractivity contribution in [3.63, 3.8) is 0 Å². The molecule has 3 heterocycles. The monoisotopic (exact) mass is 471 g/mol. The van der Waals surface area contributed by atoms with Crippen LogP contribution in [0.5, 0.6) is 0 Å². The number of amides is 1. The van der Waals surface area contributed by atoms with Crippen molar-refractivity contribution in [3.8, 4) is 0 Å². The Balaban J connectivity index is 1.65. The summed E-state index contributed by atoms with van der Waals surface area (Å²) in [4.78, 5) is 18.8. The van der Waals surface area contributed by atoms with Gasteiger partial charge in [0.2, 0.25) is 0 Å². The van der Waals surface area contributed by atoms with Gasteiger partial charge >= 0.3 is 6.09 Å². The van der Waals surface area contributed by atoms with Gasteiger partial charge in [0.05, 0.1) is 22.5 Å². The molecule has 10 heteroatoms. The van der Waals surface area contributed by atoms with Crippen LogP contribution in [-0.2, 0) is 14.8 Å². The molecular formula is C23H29N5O4S. The van der Waals surface area contributed by atoms with Gasteiger partial charge in [-0.2, -0.15) is 0 Å². The summed E-state index contributed by atoms with van der Waals surface area (Å²) in [6, 6.07) is 9.84.